The number of non-ortho nitro benzene ring substituents is 1. The monoisotopic (exact) mass is 292 g/mol. The summed E-state index contributed by atoms with van der Waals surface area (Å²) in [5, 5.41) is 13.4. The highest BCUT2D eigenvalue weighted by molar-refractivity contribution is 6.34. The van der Waals surface area contributed by atoms with Gasteiger partial charge in [0.2, 0.25) is 0 Å². The molecule has 0 saturated heterocycles. The average molecular weight is 293 g/mol. The van der Waals surface area contributed by atoms with Crippen LogP contribution < -0.4 is 11.1 Å². The van der Waals surface area contributed by atoms with E-state index in [-0.39, 0.29) is 27.6 Å². The molecule has 0 saturated carbocycles. The molecule has 0 fully saturated rings. The minimum absolute atomic E-state index is 0.141. The minimum Gasteiger partial charge on any atom is -0.397 e. The zero-order chi connectivity index (χ0) is 14.7. The maximum absolute atomic E-state index is 12.0. The second kappa shape index (κ2) is 5.54. The number of benzene rings is 1. The summed E-state index contributed by atoms with van der Waals surface area (Å²) >= 11 is 5.89. The van der Waals surface area contributed by atoms with Gasteiger partial charge in [0.15, 0.2) is 0 Å². The molecule has 0 bridgehead atoms. The number of nitrogen functional groups attached to an aromatic ring is 1. The number of aromatic nitrogens is 1. The number of carbonyl (C=O) groups is 1. The average Bonchev–Trinajstić information content (AvgIpc) is 2.41. The standard InChI is InChI=1S/C12H9ClN4O3/c13-9-2-1-7(17(19)20)5-11(9)16-12(18)8-3-4-15-6-10(8)14/h1-6H,14H2,(H,16,18). The molecule has 3 N–H and O–H groups in total. The Labute approximate surface area is 118 Å². The van der Waals surface area contributed by atoms with Crippen molar-refractivity contribution >= 4 is 34.6 Å². The van der Waals surface area contributed by atoms with Crippen LogP contribution in [0, 0.1) is 10.1 Å². The molecule has 20 heavy (non-hydrogen) atoms. The summed E-state index contributed by atoms with van der Waals surface area (Å²) in [5.74, 6) is -0.521. The minimum atomic E-state index is -0.577. The van der Waals surface area contributed by atoms with Crippen molar-refractivity contribution in [2.24, 2.45) is 0 Å². The maximum atomic E-state index is 12.0. The first-order valence-corrected chi connectivity index (χ1v) is 5.81. The second-order valence-electron chi connectivity index (χ2n) is 3.84. The predicted molar refractivity (Wildman–Crippen MR) is 74.7 cm³/mol. The third-order valence-electron chi connectivity index (χ3n) is 2.51. The smallest absolute Gasteiger partial charge is 0.271 e. The number of nitrogens with two attached hydrogens (primary N) is 1. The molecule has 0 radical (unpaired) electrons. The van der Waals surface area contributed by atoms with Crippen LogP contribution in [0.25, 0.3) is 0 Å². The number of halogens is 1. The summed E-state index contributed by atoms with van der Waals surface area (Å²) < 4.78 is 0. The van der Waals surface area contributed by atoms with Gasteiger partial charge in [-0.2, -0.15) is 0 Å². The molecule has 0 aliphatic heterocycles. The van der Waals surface area contributed by atoms with Gasteiger partial charge in [0.05, 0.1) is 33.1 Å². The quantitative estimate of drug-likeness (QED) is 0.667. The number of nitro groups is 1. The molecular weight excluding hydrogens is 284 g/mol. The number of hydrogen-bond acceptors (Lipinski definition) is 5. The SMILES string of the molecule is Nc1cnccc1C(=O)Nc1cc([N+](=O)[O-])ccc1Cl. The second-order valence-corrected chi connectivity index (χ2v) is 4.25. The van der Waals surface area contributed by atoms with Gasteiger partial charge in [0, 0.05) is 18.3 Å². The molecule has 1 amide bonds. The zero-order valence-corrected chi connectivity index (χ0v) is 10.8. The van der Waals surface area contributed by atoms with Gasteiger partial charge in [0.25, 0.3) is 11.6 Å². The molecule has 102 valence electrons. The molecule has 0 aliphatic carbocycles. The van der Waals surface area contributed by atoms with Crippen molar-refractivity contribution in [3.05, 3.63) is 57.4 Å². The molecule has 0 aliphatic rings. The van der Waals surface area contributed by atoms with Crippen molar-refractivity contribution in [3.8, 4) is 0 Å². The van der Waals surface area contributed by atoms with Crippen LogP contribution in [-0.4, -0.2) is 15.8 Å². The first-order valence-electron chi connectivity index (χ1n) is 5.44. The highest BCUT2D eigenvalue weighted by atomic mass is 35.5. The molecule has 2 aromatic rings. The van der Waals surface area contributed by atoms with Crippen molar-refractivity contribution in [1.29, 1.82) is 0 Å². The Hall–Kier alpha value is -2.67. The lowest BCUT2D eigenvalue weighted by Crippen LogP contribution is -2.14. The zero-order valence-electron chi connectivity index (χ0n) is 10.0. The molecule has 0 atom stereocenters. The van der Waals surface area contributed by atoms with Crippen LogP contribution in [0.5, 0.6) is 0 Å². The lowest BCUT2D eigenvalue weighted by atomic mass is 10.2. The van der Waals surface area contributed by atoms with Gasteiger partial charge in [-0.05, 0) is 12.1 Å². The summed E-state index contributed by atoms with van der Waals surface area (Å²) in [5.41, 5.74) is 6.01. The number of hydrogen-bond donors (Lipinski definition) is 2. The first kappa shape index (κ1) is 13.8. The number of anilines is 2. The van der Waals surface area contributed by atoms with E-state index >= 15 is 0 Å². The van der Waals surface area contributed by atoms with Gasteiger partial charge in [0.1, 0.15) is 0 Å². The molecule has 8 heteroatoms. The largest absolute Gasteiger partial charge is 0.397 e. The summed E-state index contributed by atoms with van der Waals surface area (Å²) in [4.78, 5) is 25.9. The topological polar surface area (TPSA) is 111 Å². The van der Waals surface area contributed by atoms with Crippen LogP contribution in [0.2, 0.25) is 5.02 Å². The normalized spacial score (nSPS) is 10.1. The number of nitro benzene ring substituents is 1. The maximum Gasteiger partial charge on any atom is 0.271 e. The molecule has 1 heterocycles. The van der Waals surface area contributed by atoms with Gasteiger partial charge < -0.3 is 11.1 Å². The third kappa shape index (κ3) is 2.83. The summed E-state index contributed by atoms with van der Waals surface area (Å²) in [6, 6.07) is 5.21. The van der Waals surface area contributed by atoms with E-state index in [9.17, 15) is 14.9 Å². The number of pyridine rings is 1. The number of carbonyl (C=O) groups excluding carboxylic acids is 1. The third-order valence-corrected chi connectivity index (χ3v) is 2.84. The van der Waals surface area contributed by atoms with Crippen molar-refractivity contribution in [3.63, 3.8) is 0 Å². The van der Waals surface area contributed by atoms with E-state index in [0.29, 0.717) is 0 Å². The molecule has 1 aromatic heterocycles. The highest BCUT2D eigenvalue weighted by Gasteiger charge is 2.14. The Morgan fingerprint density at radius 3 is 2.80 bits per heavy atom. The van der Waals surface area contributed by atoms with E-state index < -0.39 is 10.8 Å². The van der Waals surface area contributed by atoms with E-state index in [1.165, 1.54) is 36.7 Å². The Morgan fingerprint density at radius 2 is 2.15 bits per heavy atom. The van der Waals surface area contributed by atoms with Crippen molar-refractivity contribution in [2.45, 2.75) is 0 Å². The molecule has 0 unspecified atom stereocenters. The van der Waals surface area contributed by atoms with Crippen molar-refractivity contribution in [2.75, 3.05) is 11.1 Å². The van der Waals surface area contributed by atoms with E-state index in [1.54, 1.807) is 0 Å². The van der Waals surface area contributed by atoms with E-state index in [4.69, 9.17) is 17.3 Å². The van der Waals surface area contributed by atoms with E-state index in [1.807, 2.05) is 0 Å². The fraction of sp³-hybridized carbons (Fsp3) is 0. The van der Waals surface area contributed by atoms with Crippen LogP contribution in [-0.2, 0) is 0 Å². The number of nitrogens with one attached hydrogen (secondary N) is 1. The Kier molecular flexibility index (Phi) is 3.81. The number of amides is 1. The van der Waals surface area contributed by atoms with Gasteiger partial charge >= 0.3 is 0 Å². The molecule has 7 nitrogen and oxygen atoms in total. The van der Waals surface area contributed by atoms with Crippen LogP contribution in [0.3, 0.4) is 0 Å². The van der Waals surface area contributed by atoms with Crippen LogP contribution in [0.4, 0.5) is 17.1 Å². The van der Waals surface area contributed by atoms with E-state index in [2.05, 4.69) is 10.3 Å². The Balaban J connectivity index is 2.30. The summed E-state index contributed by atoms with van der Waals surface area (Å²) in [6.07, 6.45) is 2.75. The molecular formula is C12H9ClN4O3. The van der Waals surface area contributed by atoms with Gasteiger partial charge in [-0.1, -0.05) is 11.6 Å². The molecule has 0 spiro atoms. The lowest BCUT2D eigenvalue weighted by Gasteiger charge is -2.08. The Bertz CT molecular complexity index is 690. The molecule has 1 aromatic carbocycles. The van der Waals surface area contributed by atoms with Crippen LogP contribution >= 0.6 is 11.6 Å². The number of nitrogens with zero attached hydrogens (tertiary/aromatic N) is 2. The van der Waals surface area contributed by atoms with Crippen LogP contribution in [0.1, 0.15) is 10.4 Å². The Morgan fingerprint density at radius 1 is 1.40 bits per heavy atom. The van der Waals surface area contributed by atoms with Crippen molar-refractivity contribution in [1.82, 2.24) is 4.98 Å². The van der Waals surface area contributed by atoms with Gasteiger partial charge in [-0.3, -0.25) is 19.9 Å². The number of rotatable bonds is 3. The van der Waals surface area contributed by atoms with Gasteiger partial charge in [-0.25, -0.2) is 0 Å². The van der Waals surface area contributed by atoms with Crippen LogP contribution in [0.15, 0.2) is 36.7 Å². The fourth-order valence-electron chi connectivity index (χ4n) is 1.53. The van der Waals surface area contributed by atoms with Gasteiger partial charge in [-0.15, -0.1) is 0 Å². The first-order chi connectivity index (χ1) is 9.49. The van der Waals surface area contributed by atoms with Crippen molar-refractivity contribution < 1.29 is 9.72 Å². The summed E-state index contributed by atoms with van der Waals surface area (Å²) in [7, 11) is 0. The lowest BCUT2D eigenvalue weighted by molar-refractivity contribution is -0.384. The predicted octanol–water partition coefficient (Wildman–Crippen LogP) is 2.48. The molecule has 2 rings (SSSR count). The fourth-order valence-corrected chi connectivity index (χ4v) is 1.69. The highest BCUT2D eigenvalue weighted by Crippen LogP contribution is 2.27. The van der Waals surface area contributed by atoms with E-state index in [0.717, 1.165) is 0 Å². The summed E-state index contributed by atoms with van der Waals surface area (Å²) in [6.45, 7) is 0.